The first-order valence-electron chi connectivity index (χ1n) is 6.25. The van der Waals surface area contributed by atoms with E-state index in [1.54, 1.807) is 12.1 Å². The van der Waals surface area contributed by atoms with E-state index in [4.69, 9.17) is 0 Å². The third-order valence-corrected chi connectivity index (χ3v) is 4.21. The number of carbonyl (C=O) groups excluding carboxylic acids is 2. The second-order valence-electron chi connectivity index (χ2n) is 4.44. The van der Waals surface area contributed by atoms with E-state index in [0.29, 0.717) is 11.4 Å². The van der Waals surface area contributed by atoms with Gasteiger partial charge in [0, 0.05) is 30.7 Å². The van der Waals surface area contributed by atoms with E-state index < -0.39 is 0 Å². The van der Waals surface area contributed by atoms with Gasteiger partial charge < -0.3 is 4.90 Å². The van der Waals surface area contributed by atoms with Crippen LogP contribution in [-0.2, 0) is 9.59 Å². The van der Waals surface area contributed by atoms with Gasteiger partial charge in [-0.2, -0.15) is 11.8 Å². The zero-order chi connectivity index (χ0) is 13.2. The third kappa shape index (κ3) is 2.26. The van der Waals surface area contributed by atoms with Gasteiger partial charge in [-0.3, -0.25) is 9.59 Å². The molecule has 0 N–H and O–H groups in total. The minimum atomic E-state index is -0.246. The maximum Gasteiger partial charge on any atom is 0.281 e. The fourth-order valence-corrected chi connectivity index (χ4v) is 3.21. The molecule has 1 fully saturated rings. The van der Waals surface area contributed by atoms with Gasteiger partial charge in [-0.1, -0.05) is 18.2 Å². The molecule has 1 saturated heterocycles. The SMILES string of the molecule is O=C1C=C(N2CCSCC2)C(=O)N1c1ccccc1. The number of carbonyl (C=O) groups is 2. The minimum absolute atomic E-state index is 0.205. The van der Waals surface area contributed by atoms with E-state index in [0.717, 1.165) is 24.6 Å². The average Bonchev–Trinajstić information content (AvgIpc) is 2.76. The molecular formula is C14H14N2O2S. The predicted molar refractivity (Wildman–Crippen MR) is 75.9 cm³/mol. The van der Waals surface area contributed by atoms with Crippen LogP contribution in [0.4, 0.5) is 5.69 Å². The van der Waals surface area contributed by atoms with Crippen LogP contribution in [-0.4, -0.2) is 41.3 Å². The maximum absolute atomic E-state index is 12.4. The average molecular weight is 274 g/mol. The normalized spacial score (nSPS) is 19.9. The zero-order valence-corrected chi connectivity index (χ0v) is 11.2. The van der Waals surface area contributed by atoms with Crippen molar-refractivity contribution in [3.05, 3.63) is 42.1 Å². The molecule has 19 heavy (non-hydrogen) atoms. The van der Waals surface area contributed by atoms with E-state index in [9.17, 15) is 9.59 Å². The van der Waals surface area contributed by atoms with Gasteiger partial charge in [0.05, 0.1) is 5.69 Å². The molecule has 3 rings (SSSR count). The third-order valence-electron chi connectivity index (χ3n) is 3.27. The molecule has 98 valence electrons. The molecule has 0 aromatic heterocycles. The van der Waals surface area contributed by atoms with Crippen molar-refractivity contribution in [1.82, 2.24) is 4.90 Å². The zero-order valence-electron chi connectivity index (χ0n) is 10.4. The summed E-state index contributed by atoms with van der Waals surface area (Å²) in [6.07, 6.45) is 1.46. The van der Waals surface area contributed by atoms with Gasteiger partial charge in [-0.15, -0.1) is 0 Å². The summed E-state index contributed by atoms with van der Waals surface area (Å²) in [6, 6.07) is 9.07. The summed E-state index contributed by atoms with van der Waals surface area (Å²) < 4.78 is 0. The molecule has 2 heterocycles. The van der Waals surface area contributed by atoms with Crippen LogP contribution < -0.4 is 4.90 Å². The molecule has 0 unspecified atom stereocenters. The van der Waals surface area contributed by atoms with E-state index in [-0.39, 0.29) is 11.8 Å². The van der Waals surface area contributed by atoms with Crippen molar-refractivity contribution >= 4 is 29.3 Å². The fraction of sp³-hybridized carbons (Fsp3) is 0.286. The second-order valence-corrected chi connectivity index (χ2v) is 5.67. The van der Waals surface area contributed by atoms with Gasteiger partial charge in [-0.25, -0.2) is 4.90 Å². The molecule has 4 nitrogen and oxygen atoms in total. The lowest BCUT2D eigenvalue weighted by Crippen LogP contribution is -2.38. The molecule has 0 atom stereocenters. The molecule has 0 bridgehead atoms. The molecule has 0 radical (unpaired) electrons. The van der Waals surface area contributed by atoms with Crippen LogP contribution in [0.1, 0.15) is 0 Å². The largest absolute Gasteiger partial charge is 0.365 e. The van der Waals surface area contributed by atoms with Crippen LogP contribution >= 0.6 is 11.8 Å². The first-order chi connectivity index (χ1) is 9.27. The van der Waals surface area contributed by atoms with E-state index >= 15 is 0 Å². The van der Waals surface area contributed by atoms with Crippen LogP contribution in [0.15, 0.2) is 42.1 Å². The number of anilines is 1. The number of hydrogen-bond donors (Lipinski definition) is 0. The lowest BCUT2D eigenvalue weighted by Gasteiger charge is -2.28. The highest BCUT2D eigenvalue weighted by atomic mass is 32.2. The molecule has 0 aliphatic carbocycles. The van der Waals surface area contributed by atoms with Crippen molar-refractivity contribution in [1.29, 1.82) is 0 Å². The Morgan fingerprint density at radius 2 is 1.68 bits per heavy atom. The molecular weight excluding hydrogens is 260 g/mol. The van der Waals surface area contributed by atoms with Gasteiger partial charge in [-0.05, 0) is 12.1 Å². The van der Waals surface area contributed by atoms with Crippen LogP contribution in [0, 0.1) is 0 Å². The van der Waals surface area contributed by atoms with Gasteiger partial charge in [0.15, 0.2) is 0 Å². The molecule has 0 saturated carbocycles. The van der Waals surface area contributed by atoms with Crippen molar-refractivity contribution in [2.75, 3.05) is 29.5 Å². The molecule has 2 amide bonds. The number of rotatable bonds is 2. The Bertz CT molecular complexity index is 536. The number of imide groups is 1. The Morgan fingerprint density at radius 1 is 1.00 bits per heavy atom. The van der Waals surface area contributed by atoms with Gasteiger partial charge in [0.25, 0.3) is 11.8 Å². The maximum atomic E-state index is 12.4. The van der Waals surface area contributed by atoms with Crippen LogP contribution in [0.3, 0.4) is 0 Å². The highest BCUT2D eigenvalue weighted by molar-refractivity contribution is 7.99. The van der Waals surface area contributed by atoms with Gasteiger partial charge in [0.1, 0.15) is 5.70 Å². The minimum Gasteiger partial charge on any atom is -0.365 e. The van der Waals surface area contributed by atoms with Crippen molar-refractivity contribution in [2.24, 2.45) is 0 Å². The highest BCUT2D eigenvalue weighted by Gasteiger charge is 2.35. The Hall–Kier alpha value is -1.75. The quantitative estimate of drug-likeness (QED) is 0.766. The highest BCUT2D eigenvalue weighted by Crippen LogP contribution is 2.25. The summed E-state index contributed by atoms with van der Waals surface area (Å²) in [6.45, 7) is 1.66. The predicted octanol–water partition coefficient (Wildman–Crippen LogP) is 1.49. The van der Waals surface area contributed by atoms with E-state index in [1.165, 1.54) is 11.0 Å². The Labute approximate surface area is 116 Å². The summed E-state index contributed by atoms with van der Waals surface area (Å²) in [5.41, 5.74) is 1.17. The summed E-state index contributed by atoms with van der Waals surface area (Å²) in [4.78, 5) is 27.7. The van der Waals surface area contributed by atoms with E-state index in [1.807, 2.05) is 34.9 Å². The number of nitrogens with zero attached hydrogens (tertiary/aromatic N) is 2. The Balaban J connectivity index is 1.85. The number of hydrogen-bond acceptors (Lipinski definition) is 4. The van der Waals surface area contributed by atoms with Gasteiger partial charge in [0.2, 0.25) is 0 Å². The summed E-state index contributed by atoms with van der Waals surface area (Å²) in [5.74, 6) is 1.56. The molecule has 2 aliphatic rings. The topological polar surface area (TPSA) is 40.6 Å². The first-order valence-corrected chi connectivity index (χ1v) is 7.41. The molecule has 0 spiro atoms. The summed E-state index contributed by atoms with van der Waals surface area (Å²) in [5, 5.41) is 0. The number of benzene rings is 1. The smallest absolute Gasteiger partial charge is 0.281 e. The number of thioether (sulfide) groups is 1. The van der Waals surface area contributed by atoms with E-state index in [2.05, 4.69) is 0 Å². The second kappa shape index (κ2) is 5.09. The monoisotopic (exact) mass is 274 g/mol. The van der Waals surface area contributed by atoms with Crippen LogP contribution in [0.25, 0.3) is 0 Å². The molecule has 2 aliphatic heterocycles. The fourth-order valence-electron chi connectivity index (χ4n) is 2.31. The van der Waals surface area contributed by atoms with Gasteiger partial charge >= 0.3 is 0 Å². The lowest BCUT2D eigenvalue weighted by molar-refractivity contribution is -0.120. The number of para-hydroxylation sites is 1. The molecule has 1 aromatic rings. The van der Waals surface area contributed by atoms with Crippen molar-refractivity contribution in [3.8, 4) is 0 Å². The van der Waals surface area contributed by atoms with Crippen LogP contribution in [0.5, 0.6) is 0 Å². The van der Waals surface area contributed by atoms with Crippen molar-refractivity contribution < 1.29 is 9.59 Å². The number of amides is 2. The van der Waals surface area contributed by atoms with Crippen molar-refractivity contribution in [3.63, 3.8) is 0 Å². The molecule has 1 aromatic carbocycles. The summed E-state index contributed by atoms with van der Waals surface area (Å²) in [7, 11) is 0. The first kappa shape index (κ1) is 12.3. The lowest BCUT2D eigenvalue weighted by atomic mass is 10.3. The molecule has 5 heteroatoms. The summed E-state index contributed by atoms with van der Waals surface area (Å²) >= 11 is 1.88. The van der Waals surface area contributed by atoms with Crippen molar-refractivity contribution in [2.45, 2.75) is 0 Å². The standard InChI is InChI=1S/C14H14N2O2S/c17-13-10-12(15-6-8-19-9-7-15)14(18)16(13)11-4-2-1-3-5-11/h1-5,10H,6-9H2. The Kier molecular flexibility index (Phi) is 3.29. The Morgan fingerprint density at radius 3 is 2.37 bits per heavy atom. The van der Waals surface area contributed by atoms with Crippen LogP contribution in [0.2, 0.25) is 0 Å².